The Morgan fingerprint density at radius 3 is 2.78 bits per heavy atom. The van der Waals surface area contributed by atoms with Crippen LogP contribution in [0, 0.1) is 5.82 Å². The molecule has 1 heterocycles. The lowest BCUT2D eigenvalue weighted by Gasteiger charge is -2.09. The quantitative estimate of drug-likeness (QED) is 0.837. The molecule has 1 aromatic heterocycles. The molecule has 94 valence electrons. The minimum Gasteiger partial charge on any atom is -0.497 e. The maximum Gasteiger partial charge on any atom is 0.223 e. The molecule has 0 fully saturated rings. The number of nitrogens with one attached hydrogen (secondary N) is 1. The van der Waals surface area contributed by atoms with Gasteiger partial charge in [0.15, 0.2) is 0 Å². The number of nitrogens with zero attached hydrogens (tertiary/aromatic N) is 2. The van der Waals surface area contributed by atoms with Crippen LogP contribution in [-0.2, 0) is 0 Å². The van der Waals surface area contributed by atoms with Crippen molar-refractivity contribution in [1.82, 2.24) is 9.97 Å². The van der Waals surface area contributed by atoms with Crippen LogP contribution in [-0.4, -0.2) is 17.1 Å². The Labute approximate surface area is 108 Å². The third-order valence-corrected chi connectivity index (χ3v) is 2.34. The van der Waals surface area contributed by atoms with Gasteiger partial charge in [-0.25, -0.2) is 9.37 Å². The van der Waals surface area contributed by atoms with Crippen molar-refractivity contribution < 1.29 is 9.13 Å². The van der Waals surface area contributed by atoms with Gasteiger partial charge in [0.1, 0.15) is 22.5 Å². The number of hydrogen-bond donors (Lipinski definition) is 2. The Bertz CT molecular complexity index is 559. The highest BCUT2D eigenvalue weighted by Crippen LogP contribution is 2.25. The molecule has 2 rings (SSSR count). The summed E-state index contributed by atoms with van der Waals surface area (Å²) in [6.07, 6.45) is 0. The molecule has 0 spiro atoms. The van der Waals surface area contributed by atoms with Crippen LogP contribution in [0.5, 0.6) is 5.75 Å². The van der Waals surface area contributed by atoms with Gasteiger partial charge in [-0.3, -0.25) is 0 Å². The van der Waals surface area contributed by atoms with Crippen molar-refractivity contribution in [2.75, 3.05) is 18.2 Å². The van der Waals surface area contributed by atoms with Gasteiger partial charge >= 0.3 is 0 Å². The number of hydrogen-bond acceptors (Lipinski definition) is 5. The van der Waals surface area contributed by atoms with E-state index in [-0.39, 0.29) is 16.8 Å². The minimum absolute atomic E-state index is 0.00769. The summed E-state index contributed by atoms with van der Waals surface area (Å²) >= 11 is 5.73. The monoisotopic (exact) mass is 268 g/mol. The molecule has 5 nitrogen and oxygen atoms in total. The molecule has 0 radical (unpaired) electrons. The molecule has 0 aliphatic rings. The van der Waals surface area contributed by atoms with Crippen LogP contribution in [0.2, 0.25) is 5.15 Å². The molecule has 0 bridgehead atoms. The molecule has 7 heteroatoms. The van der Waals surface area contributed by atoms with E-state index >= 15 is 0 Å². The average molecular weight is 269 g/mol. The average Bonchev–Trinajstić information content (AvgIpc) is 2.30. The molecule has 0 saturated heterocycles. The van der Waals surface area contributed by atoms with Crippen LogP contribution in [0.3, 0.4) is 0 Å². The van der Waals surface area contributed by atoms with E-state index in [4.69, 9.17) is 22.1 Å². The molecule has 0 unspecified atom stereocenters. The lowest BCUT2D eigenvalue weighted by molar-refractivity contribution is 0.414. The van der Waals surface area contributed by atoms with E-state index in [9.17, 15) is 4.39 Å². The van der Waals surface area contributed by atoms with Gasteiger partial charge in [0.25, 0.3) is 0 Å². The van der Waals surface area contributed by atoms with E-state index in [1.54, 1.807) is 0 Å². The summed E-state index contributed by atoms with van der Waals surface area (Å²) in [6.45, 7) is 0. The molecule has 0 aliphatic carbocycles. The van der Waals surface area contributed by atoms with Gasteiger partial charge in [-0.2, -0.15) is 4.98 Å². The fourth-order valence-electron chi connectivity index (χ4n) is 1.36. The van der Waals surface area contributed by atoms with Crippen LogP contribution in [0.1, 0.15) is 0 Å². The first-order valence-corrected chi connectivity index (χ1v) is 5.37. The minimum atomic E-state index is -0.441. The molecular weight excluding hydrogens is 259 g/mol. The van der Waals surface area contributed by atoms with E-state index in [2.05, 4.69) is 15.3 Å². The van der Waals surface area contributed by atoms with Crippen LogP contribution in [0.15, 0.2) is 24.3 Å². The number of halogens is 2. The Kier molecular flexibility index (Phi) is 3.47. The summed E-state index contributed by atoms with van der Waals surface area (Å²) in [5.74, 6) is 0.393. The lowest BCUT2D eigenvalue weighted by Crippen LogP contribution is -2.01. The zero-order valence-electron chi connectivity index (χ0n) is 9.45. The predicted octanol–water partition coefficient (Wildman–Crippen LogP) is 2.60. The van der Waals surface area contributed by atoms with E-state index in [1.807, 2.05) is 0 Å². The maximum absolute atomic E-state index is 13.6. The summed E-state index contributed by atoms with van der Waals surface area (Å²) in [4.78, 5) is 7.60. The largest absolute Gasteiger partial charge is 0.497 e. The number of rotatable bonds is 3. The molecule has 1 aromatic carbocycles. The van der Waals surface area contributed by atoms with Gasteiger partial charge in [0.05, 0.1) is 12.8 Å². The number of aromatic nitrogens is 2. The molecule has 2 aromatic rings. The smallest absolute Gasteiger partial charge is 0.223 e. The fraction of sp³-hybridized carbons (Fsp3) is 0.0909. The number of anilines is 3. The molecule has 0 saturated carbocycles. The van der Waals surface area contributed by atoms with Crippen LogP contribution < -0.4 is 15.8 Å². The van der Waals surface area contributed by atoms with Crippen molar-refractivity contribution in [2.45, 2.75) is 0 Å². The van der Waals surface area contributed by atoms with Crippen molar-refractivity contribution >= 4 is 29.1 Å². The summed E-state index contributed by atoms with van der Waals surface area (Å²) in [6, 6.07) is 5.74. The van der Waals surface area contributed by atoms with Crippen molar-refractivity contribution in [2.24, 2.45) is 0 Å². The Morgan fingerprint density at radius 2 is 2.11 bits per heavy atom. The van der Waals surface area contributed by atoms with Gasteiger partial charge in [0, 0.05) is 12.1 Å². The van der Waals surface area contributed by atoms with Crippen LogP contribution in [0.25, 0.3) is 0 Å². The summed E-state index contributed by atoms with van der Waals surface area (Å²) in [5.41, 5.74) is 5.65. The highest BCUT2D eigenvalue weighted by molar-refractivity contribution is 6.29. The molecule has 3 N–H and O–H groups in total. The van der Waals surface area contributed by atoms with E-state index in [1.165, 1.54) is 31.4 Å². The third-order valence-electron chi connectivity index (χ3n) is 2.15. The first-order chi connectivity index (χ1) is 8.58. The number of ether oxygens (including phenoxy) is 1. The second-order valence-electron chi connectivity index (χ2n) is 3.40. The number of nitrogen functional groups attached to an aromatic ring is 1. The lowest BCUT2D eigenvalue weighted by atomic mass is 10.3. The second kappa shape index (κ2) is 5.05. The van der Waals surface area contributed by atoms with Crippen molar-refractivity contribution in [3.05, 3.63) is 35.2 Å². The van der Waals surface area contributed by atoms with Crippen molar-refractivity contribution in [1.29, 1.82) is 0 Å². The molecular formula is C11H10ClFN4O. The molecule has 0 atom stereocenters. The van der Waals surface area contributed by atoms with E-state index in [0.717, 1.165) is 0 Å². The Balaban J connectivity index is 2.33. The van der Waals surface area contributed by atoms with Crippen LogP contribution in [0.4, 0.5) is 21.8 Å². The Morgan fingerprint density at radius 1 is 1.33 bits per heavy atom. The summed E-state index contributed by atoms with van der Waals surface area (Å²) in [5, 5.41) is 2.93. The van der Waals surface area contributed by atoms with Crippen molar-refractivity contribution in [3.63, 3.8) is 0 Å². The SMILES string of the molecule is COc1ccc(F)c(Nc2cc(Cl)nc(N)n2)c1. The molecule has 0 aliphatic heterocycles. The van der Waals surface area contributed by atoms with E-state index in [0.29, 0.717) is 11.6 Å². The Hall–Kier alpha value is -2.08. The summed E-state index contributed by atoms with van der Waals surface area (Å²) < 4.78 is 18.6. The number of benzene rings is 1. The highest BCUT2D eigenvalue weighted by Gasteiger charge is 2.07. The molecule has 18 heavy (non-hydrogen) atoms. The summed E-state index contributed by atoms with van der Waals surface area (Å²) in [7, 11) is 1.50. The van der Waals surface area contributed by atoms with Gasteiger partial charge in [-0.05, 0) is 12.1 Å². The van der Waals surface area contributed by atoms with Gasteiger partial charge in [-0.15, -0.1) is 0 Å². The second-order valence-corrected chi connectivity index (χ2v) is 3.79. The standard InChI is InChI=1S/C11H10ClFN4O/c1-18-6-2-3-7(13)8(4-6)15-10-5-9(12)16-11(14)17-10/h2-5H,1H3,(H3,14,15,16,17). The number of methoxy groups -OCH3 is 1. The van der Waals surface area contributed by atoms with E-state index < -0.39 is 5.82 Å². The highest BCUT2D eigenvalue weighted by atomic mass is 35.5. The van der Waals surface area contributed by atoms with Gasteiger partial charge in [-0.1, -0.05) is 11.6 Å². The fourth-order valence-corrected chi connectivity index (χ4v) is 1.55. The zero-order chi connectivity index (χ0) is 13.1. The predicted molar refractivity (Wildman–Crippen MR) is 67.7 cm³/mol. The maximum atomic E-state index is 13.6. The van der Waals surface area contributed by atoms with Crippen molar-refractivity contribution in [3.8, 4) is 5.75 Å². The normalized spacial score (nSPS) is 10.2. The first kappa shape index (κ1) is 12.4. The van der Waals surface area contributed by atoms with Gasteiger partial charge in [0.2, 0.25) is 5.95 Å². The third kappa shape index (κ3) is 2.78. The topological polar surface area (TPSA) is 73.1 Å². The molecule has 0 amide bonds. The zero-order valence-corrected chi connectivity index (χ0v) is 10.2. The first-order valence-electron chi connectivity index (χ1n) is 4.99. The van der Waals surface area contributed by atoms with Crippen LogP contribution >= 0.6 is 11.6 Å². The van der Waals surface area contributed by atoms with Gasteiger partial charge < -0.3 is 15.8 Å². The number of nitrogens with two attached hydrogens (primary N) is 1.